The van der Waals surface area contributed by atoms with Gasteiger partial charge in [0, 0.05) is 29.3 Å². The lowest BCUT2D eigenvalue weighted by atomic mass is 10.1. The van der Waals surface area contributed by atoms with Gasteiger partial charge in [-0.15, -0.1) is 0 Å². The minimum Gasteiger partial charge on any atom is -0.452 e. The lowest BCUT2D eigenvalue weighted by molar-refractivity contribution is -0.142. The van der Waals surface area contributed by atoms with E-state index in [9.17, 15) is 9.59 Å². The summed E-state index contributed by atoms with van der Waals surface area (Å²) in [5, 5.41) is 8.10. The summed E-state index contributed by atoms with van der Waals surface area (Å²) < 4.78 is 6.70. The lowest BCUT2D eigenvalue weighted by Crippen LogP contribution is -2.21. The average Bonchev–Trinajstić information content (AvgIpc) is 3.16. The van der Waals surface area contributed by atoms with Gasteiger partial charge in [-0.3, -0.25) is 9.78 Å². The highest BCUT2D eigenvalue weighted by molar-refractivity contribution is 5.96. The van der Waals surface area contributed by atoms with Crippen molar-refractivity contribution < 1.29 is 14.3 Å². The van der Waals surface area contributed by atoms with Gasteiger partial charge in [-0.05, 0) is 31.2 Å². The second kappa shape index (κ2) is 9.04. The minimum absolute atomic E-state index is 0.407. The number of hydrogen-bond acceptors (Lipinski definition) is 5. The van der Waals surface area contributed by atoms with Gasteiger partial charge in [-0.25, -0.2) is 9.48 Å². The van der Waals surface area contributed by atoms with Crippen LogP contribution < -0.4 is 5.32 Å². The first-order chi connectivity index (χ1) is 15.1. The molecule has 4 aromatic rings. The summed E-state index contributed by atoms with van der Waals surface area (Å²) >= 11 is 0. The van der Waals surface area contributed by atoms with Gasteiger partial charge in [0.05, 0.1) is 16.9 Å². The normalized spacial score (nSPS) is 11.0. The summed E-state index contributed by atoms with van der Waals surface area (Å²) in [6.07, 6.45) is 4.61. The van der Waals surface area contributed by atoms with E-state index >= 15 is 0 Å². The topological polar surface area (TPSA) is 86.1 Å². The molecule has 0 aliphatic heterocycles. The molecule has 0 atom stereocenters. The number of ether oxygens (including phenoxy) is 1. The highest BCUT2D eigenvalue weighted by atomic mass is 16.5. The number of rotatable bonds is 6. The second-order valence-electron chi connectivity index (χ2n) is 6.83. The maximum Gasteiger partial charge on any atom is 0.331 e. The molecule has 4 rings (SSSR count). The number of esters is 1. The van der Waals surface area contributed by atoms with Crippen LogP contribution in [-0.2, 0) is 14.3 Å². The molecular formula is C24H20N4O3. The smallest absolute Gasteiger partial charge is 0.331 e. The van der Waals surface area contributed by atoms with Crippen LogP contribution in [0, 0.1) is 6.92 Å². The monoisotopic (exact) mass is 412 g/mol. The van der Waals surface area contributed by atoms with Crippen LogP contribution in [0.1, 0.15) is 11.3 Å². The van der Waals surface area contributed by atoms with Crippen molar-refractivity contribution in [2.75, 3.05) is 11.9 Å². The second-order valence-corrected chi connectivity index (χ2v) is 6.83. The standard InChI is InChI=1S/C24H20N4O3/c1-17-15-21(28(27-17)20-10-3-2-4-11-20)26-22(29)16-31-23(30)13-12-19-8-5-7-18-9-6-14-25-24(18)19/h2-15H,16H2,1H3,(H,26,29)/b13-12+. The first-order valence-electron chi connectivity index (χ1n) is 9.71. The number of benzene rings is 2. The quantitative estimate of drug-likeness (QED) is 0.383. The van der Waals surface area contributed by atoms with Crippen molar-refractivity contribution in [3.8, 4) is 5.69 Å². The lowest BCUT2D eigenvalue weighted by Gasteiger charge is -2.08. The van der Waals surface area contributed by atoms with Crippen molar-refractivity contribution in [2.45, 2.75) is 6.92 Å². The Kier molecular flexibility index (Phi) is 5.84. The largest absolute Gasteiger partial charge is 0.452 e. The maximum atomic E-state index is 12.3. The van der Waals surface area contributed by atoms with Gasteiger partial charge >= 0.3 is 5.97 Å². The Labute approximate surface area is 179 Å². The zero-order valence-corrected chi connectivity index (χ0v) is 16.9. The number of carbonyl (C=O) groups excluding carboxylic acids is 2. The van der Waals surface area contributed by atoms with Crippen LogP contribution in [-0.4, -0.2) is 33.2 Å². The summed E-state index contributed by atoms with van der Waals surface area (Å²) in [7, 11) is 0. The van der Waals surface area contributed by atoms with E-state index in [4.69, 9.17) is 4.74 Å². The van der Waals surface area contributed by atoms with E-state index in [2.05, 4.69) is 15.4 Å². The van der Waals surface area contributed by atoms with E-state index < -0.39 is 18.5 Å². The van der Waals surface area contributed by atoms with Gasteiger partial charge in [0.2, 0.25) is 0 Å². The number of nitrogens with zero attached hydrogens (tertiary/aromatic N) is 3. The van der Waals surface area contributed by atoms with Gasteiger partial charge in [0.1, 0.15) is 5.82 Å². The molecule has 0 spiro atoms. The molecule has 0 saturated carbocycles. The van der Waals surface area contributed by atoms with Crippen LogP contribution in [0.4, 0.5) is 5.82 Å². The van der Waals surface area contributed by atoms with E-state index in [1.807, 2.05) is 67.6 Å². The predicted molar refractivity (Wildman–Crippen MR) is 119 cm³/mol. The molecule has 7 heteroatoms. The Morgan fingerprint density at radius 3 is 2.71 bits per heavy atom. The molecule has 0 unspecified atom stereocenters. The summed E-state index contributed by atoms with van der Waals surface area (Å²) in [4.78, 5) is 28.7. The van der Waals surface area contributed by atoms with Gasteiger partial charge in [0.15, 0.2) is 6.61 Å². The van der Waals surface area contributed by atoms with Crippen LogP contribution in [0.15, 0.2) is 79.0 Å². The highest BCUT2D eigenvalue weighted by Crippen LogP contribution is 2.18. The first kappa shape index (κ1) is 20.0. The molecule has 31 heavy (non-hydrogen) atoms. The number of aromatic nitrogens is 3. The fourth-order valence-corrected chi connectivity index (χ4v) is 3.14. The zero-order valence-electron chi connectivity index (χ0n) is 16.9. The van der Waals surface area contributed by atoms with E-state index in [0.717, 1.165) is 27.8 Å². The van der Waals surface area contributed by atoms with E-state index in [1.54, 1.807) is 23.0 Å². The molecule has 1 N–H and O–H groups in total. The Bertz CT molecular complexity index is 1260. The molecule has 0 fully saturated rings. The molecule has 0 saturated heterocycles. The molecule has 0 aliphatic carbocycles. The molecule has 0 aliphatic rings. The third-order valence-corrected chi connectivity index (χ3v) is 4.51. The fraction of sp³-hybridized carbons (Fsp3) is 0.0833. The predicted octanol–water partition coefficient (Wildman–Crippen LogP) is 3.92. The number of amides is 1. The molecule has 2 aromatic carbocycles. The van der Waals surface area contributed by atoms with Crippen molar-refractivity contribution >= 4 is 34.7 Å². The van der Waals surface area contributed by atoms with Crippen molar-refractivity contribution in [2.24, 2.45) is 0 Å². The van der Waals surface area contributed by atoms with Gasteiger partial charge in [-0.1, -0.05) is 42.5 Å². The van der Waals surface area contributed by atoms with Crippen LogP contribution in [0.25, 0.3) is 22.7 Å². The number of pyridine rings is 1. The van der Waals surface area contributed by atoms with Crippen LogP contribution in [0.3, 0.4) is 0 Å². The van der Waals surface area contributed by atoms with Gasteiger partial charge in [-0.2, -0.15) is 5.10 Å². The number of aryl methyl sites for hydroxylation is 1. The van der Waals surface area contributed by atoms with Crippen molar-refractivity contribution in [3.63, 3.8) is 0 Å². The molecule has 0 radical (unpaired) electrons. The number of carbonyl (C=O) groups is 2. The molecule has 7 nitrogen and oxygen atoms in total. The summed E-state index contributed by atoms with van der Waals surface area (Å²) in [6.45, 7) is 1.43. The summed E-state index contributed by atoms with van der Waals surface area (Å²) in [6, 6.07) is 20.7. The van der Waals surface area contributed by atoms with Gasteiger partial charge < -0.3 is 10.1 Å². The molecule has 2 aromatic heterocycles. The van der Waals surface area contributed by atoms with Crippen molar-refractivity contribution in [3.05, 3.63) is 90.3 Å². The molecule has 2 heterocycles. The number of fused-ring (bicyclic) bond motifs is 1. The third kappa shape index (κ3) is 4.84. The Balaban J connectivity index is 1.37. The highest BCUT2D eigenvalue weighted by Gasteiger charge is 2.12. The maximum absolute atomic E-state index is 12.3. The Morgan fingerprint density at radius 2 is 1.87 bits per heavy atom. The SMILES string of the molecule is Cc1cc(NC(=O)COC(=O)/C=C/c2cccc3cccnc23)n(-c2ccccc2)n1. The van der Waals surface area contributed by atoms with Gasteiger partial charge in [0.25, 0.3) is 5.91 Å². The average molecular weight is 412 g/mol. The van der Waals surface area contributed by atoms with Crippen LogP contribution in [0.2, 0.25) is 0 Å². The van der Waals surface area contributed by atoms with Crippen molar-refractivity contribution in [1.82, 2.24) is 14.8 Å². The van der Waals surface area contributed by atoms with Crippen LogP contribution in [0.5, 0.6) is 0 Å². The fourth-order valence-electron chi connectivity index (χ4n) is 3.14. The minimum atomic E-state index is -0.615. The van der Waals surface area contributed by atoms with E-state index in [0.29, 0.717) is 5.82 Å². The molecular weight excluding hydrogens is 392 g/mol. The number of hydrogen-bond donors (Lipinski definition) is 1. The van der Waals surface area contributed by atoms with E-state index in [1.165, 1.54) is 6.08 Å². The molecule has 0 bridgehead atoms. The summed E-state index contributed by atoms with van der Waals surface area (Å²) in [5.74, 6) is -0.566. The molecule has 1 amide bonds. The zero-order chi connectivity index (χ0) is 21.6. The first-order valence-corrected chi connectivity index (χ1v) is 9.71. The van der Waals surface area contributed by atoms with Crippen LogP contribution >= 0.6 is 0 Å². The van der Waals surface area contributed by atoms with E-state index in [-0.39, 0.29) is 0 Å². The van der Waals surface area contributed by atoms with Crippen molar-refractivity contribution in [1.29, 1.82) is 0 Å². The number of anilines is 1. The Hall–Kier alpha value is -4.26. The number of para-hydroxylation sites is 2. The molecule has 154 valence electrons. The number of nitrogens with one attached hydrogen (secondary N) is 1. The third-order valence-electron chi connectivity index (χ3n) is 4.51. The summed E-state index contributed by atoms with van der Waals surface area (Å²) in [5.41, 5.74) is 3.15. The Morgan fingerprint density at radius 1 is 1.06 bits per heavy atom.